The Morgan fingerprint density at radius 3 is 1.96 bits per heavy atom. The number of carbonyl (C=O) groups excluding carboxylic acids is 1. The van der Waals surface area contributed by atoms with Gasteiger partial charge in [-0.2, -0.15) is 0 Å². The predicted molar refractivity (Wildman–Crippen MR) is 111 cm³/mol. The standard InChI is InChI=1S/C23H22N2O3/c26-22(16-11-18-7-3-1-4-8-18)24-19-12-14-21(15-13-19)25(17-23(27)28)20-9-5-2-6-10-20/h1-10,12-15H,11,16-17H2,(H,24,26)(H,27,28). The number of carbonyl (C=O) groups is 2. The van der Waals surface area contributed by atoms with Gasteiger partial charge in [-0.15, -0.1) is 0 Å². The van der Waals surface area contributed by atoms with Gasteiger partial charge in [0.05, 0.1) is 0 Å². The van der Waals surface area contributed by atoms with Crippen molar-refractivity contribution in [3.05, 3.63) is 90.5 Å². The minimum absolute atomic E-state index is 0.0537. The van der Waals surface area contributed by atoms with Crippen molar-refractivity contribution in [3.8, 4) is 0 Å². The molecule has 0 aliphatic heterocycles. The second kappa shape index (κ2) is 9.37. The van der Waals surface area contributed by atoms with Gasteiger partial charge in [0.2, 0.25) is 5.91 Å². The van der Waals surface area contributed by atoms with Crippen LogP contribution >= 0.6 is 0 Å². The molecule has 0 unspecified atom stereocenters. The van der Waals surface area contributed by atoms with Gasteiger partial charge in [0.25, 0.3) is 0 Å². The van der Waals surface area contributed by atoms with Crippen LogP contribution in [0.15, 0.2) is 84.9 Å². The number of para-hydroxylation sites is 1. The van der Waals surface area contributed by atoms with Crippen LogP contribution in [0.5, 0.6) is 0 Å². The highest BCUT2D eigenvalue weighted by atomic mass is 16.4. The van der Waals surface area contributed by atoms with Gasteiger partial charge in [-0.3, -0.25) is 9.59 Å². The third kappa shape index (κ3) is 5.45. The van der Waals surface area contributed by atoms with Gasteiger partial charge < -0.3 is 15.3 Å². The molecule has 0 heterocycles. The number of nitrogens with one attached hydrogen (secondary N) is 1. The van der Waals surface area contributed by atoms with Crippen LogP contribution in [-0.2, 0) is 16.0 Å². The topological polar surface area (TPSA) is 69.6 Å². The molecule has 0 spiro atoms. The summed E-state index contributed by atoms with van der Waals surface area (Å²) in [6.45, 7) is -0.146. The van der Waals surface area contributed by atoms with Gasteiger partial charge in [-0.05, 0) is 48.4 Å². The van der Waals surface area contributed by atoms with Crippen molar-refractivity contribution in [1.82, 2.24) is 0 Å². The second-order valence-corrected chi connectivity index (χ2v) is 6.40. The Hall–Kier alpha value is -3.60. The number of hydrogen-bond donors (Lipinski definition) is 2. The van der Waals surface area contributed by atoms with E-state index in [1.165, 1.54) is 0 Å². The lowest BCUT2D eigenvalue weighted by atomic mass is 10.1. The first kappa shape index (κ1) is 19.2. The van der Waals surface area contributed by atoms with E-state index in [1.54, 1.807) is 17.0 Å². The summed E-state index contributed by atoms with van der Waals surface area (Å²) in [5.74, 6) is -0.968. The van der Waals surface area contributed by atoms with Crippen molar-refractivity contribution in [1.29, 1.82) is 0 Å². The molecular weight excluding hydrogens is 352 g/mol. The highest BCUT2D eigenvalue weighted by molar-refractivity contribution is 5.91. The largest absolute Gasteiger partial charge is 0.480 e. The van der Waals surface area contributed by atoms with Gasteiger partial charge >= 0.3 is 5.97 Å². The van der Waals surface area contributed by atoms with Crippen LogP contribution < -0.4 is 10.2 Å². The smallest absolute Gasteiger partial charge is 0.323 e. The summed E-state index contributed by atoms with van der Waals surface area (Å²) in [5, 5.41) is 12.1. The summed E-state index contributed by atoms with van der Waals surface area (Å²) in [6, 6.07) is 26.4. The van der Waals surface area contributed by atoms with Crippen molar-refractivity contribution in [2.24, 2.45) is 0 Å². The van der Waals surface area contributed by atoms with Gasteiger partial charge in [0.1, 0.15) is 6.54 Å². The second-order valence-electron chi connectivity index (χ2n) is 6.40. The van der Waals surface area contributed by atoms with Crippen molar-refractivity contribution < 1.29 is 14.7 Å². The zero-order valence-electron chi connectivity index (χ0n) is 15.4. The highest BCUT2D eigenvalue weighted by Crippen LogP contribution is 2.26. The van der Waals surface area contributed by atoms with E-state index in [1.807, 2.05) is 72.8 Å². The number of carboxylic acid groups (broad SMARTS) is 1. The van der Waals surface area contributed by atoms with Crippen molar-refractivity contribution in [2.45, 2.75) is 12.8 Å². The molecule has 2 N–H and O–H groups in total. The van der Waals surface area contributed by atoms with Crippen LogP contribution in [-0.4, -0.2) is 23.5 Å². The summed E-state index contributed by atoms with van der Waals surface area (Å²) >= 11 is 0. The van der Waals surface area contributed by atoms with Crippen LogP contribution in [0.2, 0.25) is 0 Å². The molecule has 5 heteroatoms. The van der Waals surface area contributed by atoms with Gasteiger partial charge in [-0.1, -0.05) is 48.5 Å². The number of benzene rings is 3. The first-order valence-corrected chi connectivity index (χ1v) is 9.10. The Bertz CT molecular complexity index is 910. The number of amides is 1. The third-order valence-electron chi connectivity index (χ3n) is 4.31. The van der Waals surface area contributed by atoms with Crippen LogP contribution in [0.4, 0.5) is 17.1 Å². The zero-order valence-corrected chi connectivity index (χ0v) is 15.4. The number of anilines is 3. The maximum Gasteiger partial charge on any atom is 0.323 e. The molecule has 3 aromatic carbocycles. The fourth-order valence-electron chi connectivity index (χ4n) is 2.93. The summed E-state index contributed by atoms with van der Waals surface area (Å²) < 4.78 is 0. The maximum absolute atomic E-state index is 12.2. The molecule has 5 nitrogen and oxygen atoms in total. The molecular formula is C23H22N2O3. The van der Waals surface area contributed by atoms with Crippen LogP contribution in [0, 0.1) is 0 Å². The van der Waals surface area contributed by atoms with E-state index in [4.69, 9.17) is 0 Å². The van der Waals surface area contributed by atoms with E-state index in [-0.39, 0.29) is 12.5 Å². The van der Waals surface area contributed by atoms with Gasteiger partial charge in [0, 0.05) is 23.5 Å². The molecule has 0 aliphatic carbocycles. The van der Waals surface area contributed by atoms with E-state index in [9.17, 15) is 14.7 Å². The molecule has 3 aromatic rings. The lowest BCUT2D eigenvalue weighted by molar-refractivity contribution is -0.135. The molecule has 0 atom stereocenters. The fourth-order valence-corrected chi connectivity index (χ4v) is 2.93. The lowest BCUT2D eigenvalue weighted by Crippen LogP contribution is -2.24. The molecule has 0 aliphatic rings. The number of rotatable bonds is 8. The van der Waals surface area contributed by atoms with Crippen molar-refractivity contribution >= 4 is 28.9 Å². The molecule has 0 radical (unpaired) electrons. The van der Waals surface area contributed by atoms with E-state index < -0.39 is 5.97 Å². The van der Waals surface area contributed by atoms with E-state index in [0.717, 1.165) is 16.9 Å². The van der Waals surface area contributed by atoms with Crippen LogP contribution in [0.25, 0.3) is 0 Å². The van der Waals surface area contributed by atoms with Crippen LogP contribution in [0.1, 0.15) is 12.0 Å². The number of aliphatic carboxylic acids is 1. The maximum atomic E-state index is 12.2. The first-order chi connectivity index (χ1) is 13.6. The monoisotopic (exact) mass is 374 g/mol. The Labute approximate surface area is 164 Å². The van der Waals surface area contributed by atoms with E-state index in [0.29, 0.717) is 18.5 Å². The number of aryl methyl sites for hydroxylation is 1. The molecule has 0 bridgehead atoms. The Morgan fingerprint density at radius 2 is 1.36 bits per heavy atom. The minimum atomic E-state index is -0.915. The highest BCUT2D eigenvalue weighted by Gasteiger charge is 2.13. The molecule has 1 amide bonds. The minimum Gasteiger partial charge on any atom is -0.480 e. The third-order valence-corrected chi connectivity index (χ3v) is 4.31. The first-order valence-electron chi connectivity index (χ1n) is 9.10. The molecule has 142 valence electrons. The normalized spacial score (nSPS) is 10.3. The lowest BCUT2D eigenvalue weighted by Gasteiger charge is -2.23. The predicted octanol–water partition coefficient (Wildman–Crippen LogP) is 4.48. The fraction of sp³-hybridized carbons (Fsp3) is 0.130. The molecule has 0 saturated carbocycles. The van der Waals surface area contributed by atoms with Gasteiger partial charge in [-0.25, -0.2) is 0 Å². The van der Waals surface area contributed by atoms with Crippen molar-refractivity contribution in [3.63, 3.8) is 0 Å². The summed E-state index contributed by atoms with van der Waals surface area (Å²) in [5.41, 5.74) is 3.35. The Kier molecular flexibility index (Phi) is 6.41. The average Bonchev–Trinajstić information content (AvgIpc) is 2.72. The summed E-state index contributed by atoms with van der Waals surface area (Å²) in [4.78, 5) is 25.1. The summed E-state index contributed by atoms with van der Waals surface area (Å²) in [7, 11) is 0. The van der Waals surface area contributed by atoms with Crippen molar-refractivity contribution in [2.75, 3.05) is 16.8 Å². The molecule has 0 fully saturated rings. The number of carboxylic acids is 1. The molecule has 0 saturated heterocycles. The molecule has 0 aromatic heterocycles. The average molecular weight is 374 g/mol. The quantitative estimate of drug-likeness (QED) is 0.610. The van der Waals surface area contributed by atoms with Crippen LogP contribution in [0.3, 0.4) is 0 Å². The molecule has 3 rings (SSSR count). The Balaban J connectivity index is 1.64. The summed E-state index contributed by atoms with van der Waals surface area (Å²) in [6.07, 6.45) is 1.09. The number of hydrogen-bond acceptors (Lipinski definition) is 3. The number of nitrogens with zero attached hydrogens (tertiary/aromatic N) is 1. The Morgan fingerprint density at radius 1 is 0.786 bits per heavy atom. The zero-order chi connectivity index (χ0) is 19.8. The van der Waals surface area contributed by atoms with E-state index >= 15 is 0 Å². The van der Waals surface area contributed by atoms with E-state index in [2.05, 4.69) is 5.32 Å². The van der Waals surface area contributed by atoms with Gasteiger partial charge in [0.15, 0.2) is 0 Å². The SMILES string of the molecule is O=C(O)CN(c1ccccc1)c1ccc(NC(=O)CCc2ccccc2)cc1. The molecule has 28 heavy (non-hydrogen) atoms.